The average molecular weight is 302 g/mol. The van der Waals surface area contributed by atoms with Crippen LogP contribution in [0.4, 0.5) is 18.9 Å². The first-order valence-corrected chi connectivity index (χ1v) is 6.78. The standard InChI is InChI=1S/C14H17F3N2O2/c15-14(16,17)21-12-8-4-3-7-11(12)19-13(20)9-5-1-2-6-10(9)18/h3-4,7-10H,1-2,5-6,18H2,(H,19,20). The van der Waals surface area contributed by atoms with E-state index in [1.807, 2.05) is 0 Å². The number of halogens is 3. The smallest absolute Gasteiger partial charge is 0.404 e. The summed E-state index contributed by atoms with van der Waals surface area (Å²) in [6, 6.07) is 5.20. The number of amides is 1. The van der Waals surface area contributed by atoms with Gasteiger partial charge < -0.3 is 15.8 Å². The third-order valence-corrected chi connectivity index (χ3v) is 3.53. The Labute approximate surface area is 120 Å². The van der Waals surface area contributed by atoms with Crippen molar-refractivity contribution in [1.82, 2.24) is 0 Å². The Kier molecular flexibility index (Phi) is 4.72. The first-order chi connectivity index (χ1) is 9.87. The molecule has 4 nitrogen and oxygen atoms in total. The van der Waals surface area contributed by atoms with Crippen LogP contribution in [0.25, 0.3) is 0 Å². The maximum atomic E-state index is 12.3. The Hall–Kier alpha value is -1.76. The Bertz CT molecular complexity index is 505. The lowest BCUT2D eigenvalue weighted by Gasteiger charge is -2.27. The number of anilines is 1. The predicted molar refractivity (Wildman–Crippen MR) is 71.7 cm³/mol. The van der Waals surface area contributed by atoms with Gasteiger partial charge in [0.1, 0.15) is 0 Å². The molecule has 0 heterocycles. The van der Waals surface area contributed by atoms with Gasteiger partial charge in [-0.3, -0.25) is 4.79 Å². The first kappa shape index (κ1) is 15.6. The lowest BCUT2D eigenvalue weighted by Crippen LogP contribution is -2.40. The molecule has 2 unspecified atom stereocenters. The molecule has 0 bridgehead atoms. The van der Waals surface area contributed by atoms with Gasteiger partial charge in [0.15, 0.2) is 5.75 Å². The van der Waals surface area contributed by atoms with Crippen LogP contribution in [0.5, 0.6) is 5.75 Å². The number of nitrogens with one attached hydrogen (secondary N) is 1. The minimum atomic E-state index is -4.80. The zero-order valence-corrected chi connectivity index (χ0v) is 11.3. The molecule has 0 spiro atoms. The summed E-state index contributed by atoms with van der Waals surface area (Å²) in [6.07, 6.45) is -1.54. The highest BCUT2D eigenvalue weighted by molar-refractivity contribution is 5.94. The number of para-hydroxylation sites is 2. The zero-order chi connectivity index (χ0) is 15.5. The van der Waals surface area contributed by atoms with Gasteiger partial charge in [0.2, 0.25) is 5.91 Å². The number of carbonyl (C=O) groups excluding carboxylic acids is 1. The van der Waals surface area contributed by atoms with Gasteiger partial charge >= 0.3 is 6.36 Å². The number of alkyl halides is 3. The molecule has 1 aromatic rings. The number of benzene rings is 1. The molecule has 1 amide bonds. The second kappa shape index (κ2) is 6.34. The Morgan fingerprint density at radius 1 is 1.24 bits per heavy atom. The van der Waals surface area contributed by atoms with E-state index in [1.165, 1.54) is 18.2 Å². The summed E-state index contributed by atoms with van der Waals surface area (Å²) in [5, 5.41) is 2.49. The highest BCUT2D eigenvalue weighted by Gasteiger charge is 2.33. The highest BCUT2D eigenvalue weighted by Crippen LogP contribution is 2.31. The highest BCUT2D eigenvalue weighted by atomic mass is 19.4. The van der Waals surface area contributed by atoms with Crippen LogP contribution < -0.4 is 15.8 Å². The number of nitrogens with two attached hydrogens (primary N) is 1. The van der Waals surface area contributed by atoms with Crippen molar-refractivity contribution in [3.05, 3.63) is 24.3 Å². The quantitative estimate of drug-likeness (QED) is 0.902. The van der Waals surface area contributed by atoms with Crippen LogP contribution in [0.15, 0.2) is 24.3 Å². The Morgan fingerprint density at radius 3 is 2.57 bits per heavy atom. The summed E-state index contributed by atoms with van der Waals surface area (Å²) < 4.78 is 40.9. The van der Waals surface area contributed by atoms with Crippen molar-refractivity contribution < 1.29 is 22.7 Å². The minimum Gasteiger partial charge on any atom is -0.404 e. The molecule has 3 N–H and O–H groups in total. The van der Waals surface area contributed by atoms with Crippen LogP contribution in [0.1, 0.15) is 25.7 Å². The van der Waals surface area contributed by atoms with Crippen LogP contribution in [0.2, 0.25) is 0 Å². The number of hydrogen-bond donors (Lipinski definition) is 2. The topological polar surface area (TPSA) is 64.4 Å². The van der Waals surface area contributed by atoms with Gasteiger partial charge in [0, 0.05) is 6.04 Å². The SMILES string of the molecule is NC1CCCCC1C(=O)Nc1ccccc1OC(F)(F)F. The Morgan fingerprint density at radius 2 is 1.90 bits per heavy atom. The summed E-state index contributed by atoms with van der Waals surface area (Å²) in [4.78, 5) is 12.2. The molecule has 1 aliphatic carbocycles. The van der Waals surface area contributed by atoms with Crippen LogP contribution in [-0.2, 0) is 4.79 Å². The van der Waals surface area contributed by atoms with Crippen molar-refractivity contribution in [2.75, 3.05) is 5.32 Å². The molecule has 1 fully saturated rings. The molecule has 2 atom stereocenters. The number of carbonyl (C=O) groups is 1. The fourth-order valence-electron chi connectivity index (χ4n) is 2.49. The van der Waals surface area contributed by atoms with Crippen LogP contribution in [0, 0.1) is 5.92 Å². The van der Waals surface area contributed by atoms with Gasteiger partial charge in [-0.2, -0.15) is 0 Å². The Balaban J connectivity index is 2.10. The van der Waals surface area contributed by atoms with Gasteiger partial charge in [-0.25, -0.2) is 0 Å². The van der Waals surface area contributed by atoms with Crippen LogP contribution in [-0.4, -0.2) is 18.3 Å². The van der Waals surface area contributed by atoms with Crippen molar-refractivity contribution >= 4 is 11.6 Å². The van der Waals surface area contributed by atoms with E-state index in [0.29, 0.717) is 6.42 Å². The predicted octanol–water partition coefficient (Wildman–Crippen LogP) is 3.04. The van der Waals surface area contributed by atoms with Crippen LogP contribution >= 0.6 is 0 Å². The largest absolute Gasteiger partial charge is 0.573 e. The van der Waals surface area contributed by atoms with Gasteiger partial charge in [0.05, 0.1) is 11.6 Å². The third kappa shape index (κ3) is 4.35. The lowest BCUT2D eigenvalue weighted by atomic mass is 9.84. The van der Waals surface area contributed by atoms with E-state index in [4.69, 9.17) is 5.73 Å². The second-order valence-corrected chi connectivity index (χ2v) is 5.09. The molecule has 0 radical (unpaired) electrons. The fraction of sp³-hybridized carbons (Fsp3) is 0.500. The van der Waals surface area contributed by atoms with Crippen LogP contribution in [0.3, 0.4) is 0 Å². The van der Waals surface area contributed by atoms with E-state index in [-0.39, 0.29) is 23.6 Å². The molecular weight excluding hydrogens is 285 g/mol. The normalized spacial score (nSPS) is 22.7. The molecule has 1 aliphatic rings. The van der Waals surface area contributed by atoms with E-state index in [0.717, 1.165) is 25.3 Å². The monoisotopic (exact) mass is 302 g/mol. The molecule has 0 aliphatic heterocycles. The molecule has 0 saturated heterocycles. The molecule has 2 rings (SSSR count). The summed E-state index contributed by atoms with van der Waals surface area (Å²) in [7, 11) is 0. The van der Waals surface area contributed by atoms with Gasteiger partial charge in [-0.05, 0) is 25.0 Å². The maximum Gasteiger partial charge on any atom is 0.573 e. The van der Waals surface area contributed by atoms with Crippen molar-refractivity contribution in [1.29, 1.82) is 0 Å². The van der Waals surface area contributed by atoms with Crippen molar-refractivity contribution in [3.63, 3.8) is 0 Å². The maximum absolute atomic E-state index is 12.3. The summed E-state index contributed by atoms with van der Waals surface area (Å²) in [5.41, 5.74) is 5.90. The van der Waals surface area contributed by atoms with E-state index in [2.05, 4.69) is 10.1 Å². The number of ether oxygens (including phenoxy) is 1. The third-order valence-electron chi connectivity index (χ3n) is 3.53. The zero-order valence-electron chi connectivity index (χ0n) is 11.3. The molecular formula is C14H17F3N2O2. The molecule has 116 valence electrons. The molecule has 1 saturated carbocycles. The van der Waals surface area contributed by atoms with E-state index >= 15 is 0 Å². The van der Waals surface area contributed by atoms with E-state index in [1.54, 1.807) is 0 Å². The molecule has 0 aromatic heterocycles. The van der Waals surface area contributed by atoms with Gasteiger partial charge in [-0.1, -0.05) is 25.0 Å². The second-order valence-electron chi connectivity index (χ2n) is 5.09. The summed E-state index contributed by atoms with van der Waals surface area (Å²) in [6.45, 7) is 0. The van der Waals surface area contributed by atoms with Gasteiger partial charge in [0.25, 0.3) is 0 Å². The average Bonchev–Trinajstić information content (AvgIpc) is 2.40. The molecule has 7 heteroatoms. The fourth-order valence-corrected chi connectivity index (χ4v) is 2.49. The molecule has 1 aromatic carbocycles. The molecule has 21 heavy (non-hydrogen) atoms. The summed E-state index contributed by atoms with van der Waals surface area (Å²) >= 11 is 0. The van der Waals surface area contributed by atoms with E-state index < -0.39 is 12.1 Å². The first-order valence-electron chi connectivity index (χ1n) is 6.78. The number of rotatable bonds is 3. The van der Waals surface area contributed by atoms with Crippen molar-refractivity contribution in [3.8, 4) is 5.75 Å². The van der Waals surface area contributed by atoms with Crippen molar-refractivity contribution in [2.45, 2.75) is 38.1 Å². The van der Waals surface area contributed by atoms with Gasteiger partial charge in [-0.15, -0.1) is 13.2 Å². The minimum absolute atomic E-state index is 0.00222. The lowest BCUT2D eigenvalue weighted by molar-refractivity contribution is -0.274. The number of hydrogen-bond acceptors (Lipinski definition) is 3. The summed E-state index contributed by atoms with van der Waals surface area (Å²) in [5.74, 6) is -1.17. The van der Waals surface area contributed by atoms with E-state index in [9.17, 15) is 18.0 Å². The van der Waals surface area contributed by atoms with Crippen molar-refractivity contribution in [2.24, 2.45) is 11.7 Å².